The number of ether oxygens (including phenoxy) is 5. The lowest BCUT2D eigenvalue weighted by atomic mass is 9.80. The van der Waals surface area contributed by atoms with Crippen LogP contribution in [0.1, 0.15) is 56.6 Å². The Balaban J connectivity index is 1.28. The van der Waals surface area contributed by atoms with Gasteiger partial charge < -0.3 is 29.0 Å². The van der Waals surface area contributed by atoms with E-state index < -0.39 is 17.9 Å². The average Bonchev–Trinajstić information content (AvgIpc) is 2.98. The number of halogens is 1. The van der Waals surface area contributed by atoms with Crippen molar-refractivity contribution in [1.82, 2.24) is 5.32 Å². The summed E-state index contributed by atoms with van der Waals surface area (Å²) in [6.45, 7) is 5.48. The lowest BCUT2D eigenvalue weighted by molar-refractivity contribution is -0.161. The molecule has 0 aliphatic carbocycles. The molecule has 2 aliphatic heterocycles. The number of dihydropyridines is 1. The van der Waals surface area contributed by atoms with E-state index in [4.69, 9.17) is 35.3 Å². The van der Waals surface area contributed by atoms with Crippen LogP contribution < -0.4 is 10.1 Å². The van der Waals surface area contributed by atoms with Crippen molar-refractivity contribution in [3.8, 4) is 5.75 Å². The second-order valence-electron chi connectivity index (χ2n) is 10.0. The third-order valence-electron chi connectivity index (χ3n) is 7.15. The first-order valence-electron chi connectivity index (χ1n) is 14.0. The molecule has 0 saturated carbocycles. The molecule has 9 heteroatoms. The number of hydrogen-bond donors (Lipinski definition) is 1. The van der Waals surface area contributed by atoms with Crippen molar-refractivity contribution >= 4 is 23.5 Å². The SMILES string of the molecule is COC(=O)C1=C(C)NC(C)=C(C(=O)OCCCOc2ccc(CCOC3CCCCO3)cc2)C1c1ccccc1Cl. The first-order valence-corrected chi connectivity index (χ1v) is 14.4. The summed E-state index contributed by atoms with van der Waals surface area (Å²) in [6, 6.07) is 15.0. The molecule has 220 valence electrons. The molecule has 4 rings (SSSR count). The van der Waals surface area contributed by atoms with Gasteiger partial charge in [-0.15, -0.1) is 0 Å². The van der Waals surface area contributed by atoms with Crippen molar-refractivity contribution in [2.75, 3.05) is 33.5 Å². The van der Waals surface area contributed by atoms with E-state index in [0.29, 0.717) is 52.8 Å². The fraction of sp³-hybridized carbons (Fsp3) is 0.438. The van der Waals surface area contributed by atoms with E-state index in [1.165, 1.54) is 7.11 Å². The van der Waals surface area contributed by atoms with Gasteiger partial charge in [-0.3, -0.25) is 0 Å². The molecule has 0 bridgehead atoms. The maximum Gasteiger partial charge on any atom is 0.336 e. The van der Waals surface area contributed by atoms with Crippen LogP contribution in [0, 0.1) is 0 Å². The quantitative estimate of drug-likeness (QED) is 0.246. The summed E-state index contributed by atoms with van der Waals surface area (Å²) in [7, 11) is 1.31. The molecule has 2 heterocycles. The summed E-state index contributed by atoms with van der Waals surface area (Å²) < 4.78 is 27.9. The van der Waals surface area contributed by atoms with E-state index in [2.05, 4.69) is 5.32 Å². The van der Waals surface area contributed by atoms with Gasteiger partial charge in [-0.1, -0.05) is 41.9 Å². The average molecular weight is 584 g/mol. The monoisotopic (exact) mass is 583 g/mol. The van der Waals surface area contributed by atoms with Crippen LogP contribution in [0.15, 0.2) is 71.1 Å². The smallest absolute Gasteiger partial charge is 0.336 e. The highest BCUT2D eigenvalue weighted by Crippen LogP contribution is 2.41. The molecule has 1 N–H and O–H groups in total. The summed E-state index contributed by atoms with van der Waals surface area (Å²) in [5, 5.41) is 3.57. The zero-order valence-corrected chi connectivity index (χ0v) is 24.6. The first kappa shape index (κ1) is 30.6. The van der Waals surface area contributed by atoms with Gasteiger partial charge in [0.15, 0.2) is 6.29 Å². The number of carbonyl (C=O) groups is 2. The minimum Gasteiger partial charge on any atom is -0.493 e. The van der Waals surface area contributed by atoms with E-state index in [0.717, 1.165) is 43.6 Å². The standard InChI is InChI=1S/C32H38ClNO7/c1-21-28(31(35)37-3)30(25-9-4-5-10-26(25)33)29(22(2)34-21)32(36)41-19-8-18-38-24-14-12-23(13-15-24)16-20-40-27-11-6-7-17-39-27/h4-5,9-10,12-15,27,30,34H,6-8,11,16-20H2,1-3H3. The van der Waals surface area contributed by atoms with Crippen molar-refractivity contribution in [2.24, 2.45) is 0 Å². The molecule has 0 spiro atoms. The molecule has 2 aromatic carbocycles. The largest absolute Gasteiger partial charge is 0.493 e. The molecule has 1 saturated heterocycles. The Morgan fingerprint density at radius 2 is 1.68 bits per heavy atom. The molecule has 0 aromatic heterocycles. The maximum atomic E-state index is 13.3. The molecule has 2 aliphatic rings. The van der Waals surface area contributed by atoms with Crippen LogP contribution in [-0.4, -0.2) is 51.8 Å². The fourth-order valence-corrected chi connectivity index (χ4v) is 5.30. The van der Waals surface area contributed by atoms with Crippen LogP contribution in [-0.2, 0) is 35.0 Å². The second kappa shape index (κ2) is 15.1. The lowest BCUT2D eigenvalue weighted by Gasteiger charge is -2.30. The summed E-state index contributed by atoms with van der Waals surface area (Å²) in [6.07, 6.45) is 4.45. The number of nitrogens with one attached hydrogen (secondary N) is 1. The number of methoxy groups -OCH3 is 1. The Hall–Kier alpha value is -3.33. The Morgan fingerprint density at radius 1 is 0.951 bits per heavy atom. The van der Waals surface area contributed by atoms with Crippen LogP contribution in [0.5, 0.6) is 5.75 Å². The minimum absolute atomic E-state index is 0.0763. The van der Waals surface area contributed by atoms with Gasteiger partial charge in [-0.25, -0.2) is 9.59 Å². The summed E-state index contributed by atoms with van der Waals surface area (Å²) >= 11 is 6.51. The van der Waals surface area contributed by atoms with E-state index >= 15 is 0 Å². The number of allylic oxidation sites excluding steroid dienone is 2. The van der Waals surface area contributed by atoms with Crippen molar-refractivity contribution in [3.05, 3.63) is 87.2 Å². The maximum absolute atomic E-state index is 13.3. The molecule has 8 nitrogen and oxygen atoms in total. The van der Waals surface area contributed by atoms with E-state index in [1.54, 1.807) is 32.0 Å². The molecule has 1 fully saturated rings. The second-order valence-corrected chi connectivity index (χ2v) is 10.5. The van der Waals surface area contributed by atoms with Crippen molar-refractivity contribution in [1.29, 1.82) is 0 Å². The van der Waals surface area contributed by atoms with Gasteiger partial charge in [-0.2, -0.15) is 0 Å². The first-order chi connectivity index (χ1) is 19.9. The molecule has 0 amide bonds. The molecular weight excluding hydrogens is 546 g/mol. The molecule has 0 radical (unpaired) electrons. The minimum atomic E-state index is -0.722. The van der Waals surface area contributed by atoms with Crippen LogP contribution in [0.2, 0.25) is 5.02 Å². The Bertz CT molecular complexity index is 1270. The van der Waals surface area contributed by atoms with E-state index in [9.17, 15) is 9.59 Å². The third kappa shape index (κ3) is 8.12. The predicted molar refractivity (Wildman–Crippen MR) is 156 cm³/mol. The number of esters is 2. The van der Waals surface area contributed by atoms with Gasteiger partial charge in [0, 0.05) is 29.4 Å². The highest BCUT2D eigenvalue weighted by atomic mass is 35.5. The van der Waals surface area contributed by atoms with Crippen LogP contribution >= 0.6 is 11.6 Å². The molecule has 41 heavy (non-hydrogen) atoms. The van der Waals surface area contributed by atoms with Gasteiger partial charge >= 0.3 is 11.9 Å². The summed E-state index contributed by atoms with van der Waals surface area (Å²) in [5.41, 5.74) is 3.62. The number of benzene rings is 2. The van der Waals surface area contributed by atoms with Crippen LogP contribution in [0.25, 0.3) is 0 Å². The zero-order chi connectivity index (χ0) is 29.2. The fourth-order valence-electron chi connectivity index (χ4n) is 5.06. The van der Waals surface area contributed by atoms with Crippen molar-refractivity contribution in [2.45, 2.75) is 58.2 Å². The third-order valence-corrected chi connectivity index (χ3v) is 7.49. The normalized spacial score (nSPS) is 19.0. The van der Waals surface area contributed by atoms with Crippen molar-refractivity contribution in [3.63, 3.8) is 0 Å². The molecular formula is C32H38ClNO7. The number of carbonyl (C=O) groups excluding carboxylic acids is 2. The predicted octanol–water partition coefficient (Wildman–Crippen LogP) is 5.85. The van der Waals surface area contributed by atoms with E-state index in [-0.39, 0.29) is 12.9 Å². The highest BCUT2D eigenvalue weighted by molar-refractivity contribution is 6.31. The molecule has 2 atom stereocenters. The topological polar surface area (TPSA) is 92.3 Å². The van der Waals surface area contributed by atoms with Crippen LogP contribution in [0.4, 0.5) is 0 Å². The highest BCUT2D eigenvalue weighted by Gasteiger charge is 2.38. The molecule has 2 unspecified atom stereocenters. The zero-order valence-electron chi connectivity index (χ0n) is 23.9. The summed E-state index contributed by atoms with van der Waals surface area (Å²) in [4.78, 5) is 26.1. The Morgan fingerprint density at radius 3 is 2.37 bits per heavy atom. The van der Waals surface area contributed by atoms with Gasteiger partial charge in [-0.05, 0) is 68.9 Å². The van der Waals surface area contributed by atoms with Crippen LogP contribution in [0.3, 0.4) is 0 Å². The van der Waals surface area contributed by atoms with Gasteiger partial charge in [0.25, 0.3) is 0 Å². The van der Waals surface area contributed by atoms with Gasteiger partial charge in [0.2, 0.25) is 0 Å². The number of rotatable bonds is 12. The van der Waals surface area contributed by atoms with E-state index in [1.807, 2.05) is 30.3 Å². The van der Waals surface area contributed by atoms with Gasteiger partial charge in [0.05, 0.1) is 44.0 Å². The number of hydrogen-bond acceptors (Lipinski definition) is 8. The molecule has 2 aromatic rings. The Kier molecular flexibility index (Phi) is 11.2. The Labute approximate surface area is 246 Å². The summed E-state index contributed by atoms with van der Waals surface area (Å²) in [5.74, 6) is -1.05. The lowest BCUT2D eigenvalue weighted by Crippen LogP contribution is -2.32. The van der Waals surface area contributed by atoms with Crippen molar-refractivity contribution < 1.29 is 33.3 Å². The van der Waals surface area contributed by atoms with Gasteiger partial charge in [0.1, 0.15) is 5.75 Å².